The molecule has 0 aromatic heterocycles. The fourth-order valence-corrected chi connectivity index (χ4v) is 2.87. The zero-order valence-electron chi connectivity index (χ0n) is 17.0. The molecule has 0 aliphatic heterocycles. The van der Waals surface area contributed by atoms with Gasteiger partial charge in [-0.3, -0.25) is 14.4 Å². The minimum Gasteiger partial charge on any atom is -0.484 e. The van der Waals surface area contributed by atoms with E-state index in [9.17, 15) is 18.8 Å². The average molecular weight is 513 g/mol. The summed E-state index contributed by atoms with van der Waals surface area (Å²) in [7, 11) is 0. The Labute approximate surface area is 197 Å². The number of halogens is 2. The Morgan fingerprint density at radius 3 is 2.30 bits per heavy atom. The Balaban J connectivity index is 1.43. The van der Waals surface area contributed by atoms with Crippen LogP contribution in [-0.4, -0.2) is 30.5 Å². The Hall–Kier alpha value is -4.05. The van der Waals surface area contributed by atoms with Crippen molar-refractivity contribution in [1.29, 1.82) is 0 Å². The lowest BCUT2D eigenvalue weighted by atomic mass is 10.2. The number of carbonyl (C=O) groups is 3. The third kappa shape index (κ3) is 7.54. The number of hydrogen-bond donors (Lipinski definition) is 3. The molecule has 3 amide bonds. The predicted molar refractivity (Wildman–Crippen MR) is 125 cm³/mol. The number of hydrazone groups is 1. The topological polar surface area (TPSA) is 109 Å². The first-order chi connectivity index (χ1) is 15.9. The Bertz CT molecular complexity index is 1170. The highest BCUT2D eigenvalue weighted by atomic mass is 79.9. The SMILES string of the molecule is O=C(COc1ccc(/C=N\NC(=O)C(=O)Nc2ccccc2Br)cc1)Nc1ccc(F)cc1. The monoisotopic (exact) mass is 512 g/mol. The lowest BCUT2D eigenvalue weighted by Gasteiger charge is -2.08. The largest absolute Gasteiger partial charge is 0.484 e. The van der Waals surface area contributed by atoms with Crippen LogP contribution in [0.4, 0.5) is 15.8 Å². The smallest absolute Gasteiger partial charge is 0.329 e. The number of nitrogens with zero attached hydrogens (tertiary/aromatic N) is 1. The van der Waals surface area contributed by atoms with E-state index in [1.54, 1.807) is 48.5 Å². The molecule has 0 aliphatic rings. The van der Waals surface area contributed by atoms with E-state index in [-0.39, 0.29) is 6.61 Å². The highest BCUT2D eigenvalue weighted by molar-refractivity contribution is 9.10. The quantitative estimate of drug-likeness (QED) is 0.254. The number of nitrogens with one attached hydrogen (secondary N) is 3. The lowest BCUT2D eigenvalue weighted by molar-refractivity contribution is -0.136. The zero-order chi connectivity index (χ0) is 23.6. The fourth-order valence-electron chi connectivity index (χ4n) is 2.49. The van der Waals surface area contributed by atoms with Crippen molar-refractivity contribution >= 4 is 51.2 Å². The molecule has 0 aliphatic carbocycles. The van der Waals surface area contributed by atoms with Crippen LogP contribution < -0.4 is 20.8 Å². The van der Waals surface area contributed by atoms with Crippen LogP contribution in [0, 0.1) is 5.82 Å². The molecule has 33 heavy (non-hydrogen) atoms. The van der Waals surface area contributed by atoms with Gasteiger partial charge in [0.25, 0.3) is 5.91 Å². The van der Waals surface area contributed by atoms with Crippen LogP contribution in [0.1, 0.15) is 5.56 Å². The Kier molecular flexibility index (Phi) is 8.25. The average Bonchev–Trinajstić information content (AvgIpc) is 2.81. The summed E-state index contributed by atoms with van der Waals surface area (Å²) in [6.45, 7) is -0.229. The van der Waals surface area contributed by atoms with Gasteiger partial charge < -0.3 is 15.4 Å². The summed E-state index contributed by atoms with van der Waals surface area (Å²) in [5.41, 5.74) is 3.70. The molecule has 0 radical (unpaired) electrons. The molecule has 0 saturated carbocycles. The second-order valence-corrected chi connectivity index (χ2v) is 7.40. The van der Waals surface area contributed by atoms with Gasteiger partial charge in [0.05, 0.1) is 11.9 Å². The number of benzene rings is 3. The van der Waals surface area contributed by atoms with Crippen LogP contribution in [0.3, 0.4) is 0 Å². The van der Waals surface area contributed by atoms with E-state index in [0.29, 0.717) is 27.2 Å². The Morgan fingerprint density at radius 2 is 1.61 bits per heavy atom. The van der Waals surface area contributed by atoms with E-state index in [0.717, 1.165) is 0 Å². The third-order valence-corrected chi connectivity index (χ3v) is 4.78. The lowest BCUT2D eigenvalue weighted by Crippen LogP contribution is -2.32. The van der Waals surface area contributed by atoms with E-state index >= 15 is 0 Å². The summed E-state index contributed by atoms with van der Waals surface area (Å²) in [6.07, 6.45) is 1.36. The molecular formula is C23H18BrFN4O4. The van der Waals surface area contributed by atoms with Gasteiger partial charge in [-0.1, -0.05) is 12.1 Å². The second-order valence-electron chi connectivity index (χ2n) is 6.55. The van der Waals surface area contributed by atoms with Gasteiger partial charge in [-0.05, 0) is 82.2 Å². The number of carbonyl (C=O) groups excluding carboxylic acids is 3. The van der Waals surface area contributed by atoms with E-state index in [1.807, 2.05) is 0 Å². The van der Waals surface area contributed by atoms with Gasteiger partial charge in [-0.25, -0.2) is 9.82 Å². The molecule has 0 unspecified atom stereocenters. The molecule has 168 valence electrons. The zero-order valence-corrected chi connectivity index (χ0v) is 18.6. The normalized spacial score (nSPS) is 10.5. The second kappa shape index (κ2) is 11.5. The number of para-hydroxylation sites is 1. The van der Waals surface area contributed by atoms with Crippen molar-refractivity contribution in [3.05, 3.63) is 88.6 Å². The molecule has 10 heteroatoms. The summed E-state index contributed by atoms with van der Waals surface area (Å²) in [6, 6.07) is 18.8. The maximum Gasteiger partial charge on any atom is 0.329 e. The van der Waals surface area contributed by atoms with Crippen molar-refractivity contribution < 1.29 is 23.5 Å². The van der Waals surface area contributed by atoms with Crippen molar-refractivity contribution in [3.63, 3.8) is 0 Å². The van der Waals surface area contributed by atoms with Crippen molar-refractivity contribution in [2.75, 3.05) is 17.2 Å². The minimum absolute atomic E-state index is 0.229. The van der Waals surface area contributed by atoms with E-state index in [2.05, 4.69) is 37.1 Å². The molecule has 3 rings (SSSR count). The van der Waals surface area contributed by atoms with Crippen molar-refractivity contribution in [1.82, 2.24) is 5.43 Å². The van der Waals surface area contributed by atoms with Gasteiger partial charge in [-0.2, -0.15) is 5.10 Å². The first kappa shape index (κ1) is 23.6. The summed E-state index contributed by atoms with van der Waals surface area (Å²) in [5.74, 6) is -2.12. The van der Waals surface area contributed by atoms with Crippen LogP contribution in [0.5, 0.6) is 5.75 Å². The summed E-state index contributed by atoms with van der Waals surface area (Å²) >= 11 is 3.28. The molecule has 3 aromatic rings. The number of ether oxygens (including phenoxy) is 1. The molecule has 0 fully saturated rings. The van der Waals surface area contributed by atoms with Gasteiger partial charge in [0.15, 0.2) is 6.61 Å². The maximum absolute atomic E-state index is 12.9. The van der Waals surface area contributed by atoms with Gasteiger partial charge in [0.1, 0.15) is 11.6 Å². The number of rotatable bonds is 7. The highest BCUT2D eigenvalue weighted by Gasteiger charge is 2.14. The molecule has 3 aromatic carbocycles. The summed E-state index contributed by atoms with van der Waals surface area (Å²) < 4.78 is 18.9. The summed E-state index contributed by atoms with van der Waals surface area (Å²) in [4.78, 5) is 35.7. The number of anilines is 2. The van der Waals surface area contributed by atoms with Gasteiger partial charge >= 0.3 is 11.8 Å². The molecule has 0 bridgehead atoms. The minimum atomic E-state index is -0.922. The van der Waals surface area contributed by atoms with E-state index < -0.39 is 23.5 Å². The van der Waals surface area contributed by atoms with Crippen LogP contribution in [0.2, 0.25) is 0 Å². The molecule has 0 heterocycles. The molecule has 0 spiro atoms. The van der Waals surface area contributed by atoms with Crippen LogP contribution in [0.25, 0.3) is 0 Å². The van der Waals surface area contributed by atoms with Crippen LogP contribution in [-0.2, 0) is 14.4 Å². The molecule has 0 saturated heterocycles. The molecular weight excluding hydrogens is 495 g/mol. The molecule has 3 N–H and O–H groups in total. The van der Waals surface area contributed by atoms with E-state index in [4.69, 9.17) is 4.74 Å². The Morgan fingerprint density at radius 1 is 0.909 bits per heavy atom. The van der Waals surface area contributed by atoms with Crippen molar-refractivity contribution in [2.45, 2.75) is 0 Å². The first-order valence-electron chi connectivity index (χ1n) is 9.58. The van der Waals surface area contributed by atoms with Gasteiger partial charge in [0.2, 0.25) is 0 Å². The first-order valence-corrected chi connectivity index (χ1v) is 10.4. The van der Waals surface area contributed by atoms with Crippen molar-refractivity contribution in [3.8, 4) is 5.75 Å². The van der Waals surface area contributed by atoms with Gasteiger partial charge in [0, 0.05) is 10.2 Å². The van der Waals surface area contributed by atoms with E-state index in [1.165, 1.54) is 30.5 Å². The molecule has 0 atom stereocenters. The maximum atomic E-state index is 12.9. The van der Waals surface area contributed by atoms with Crippen molar-refractivity contribution in [2.24, 2.45) is 5.10 Å². The third-order valence-electron chi connectivity index (χ3n) is 4.09. The number of amides is 3. The van der Waals surface area contributed by atoms with Crippen LogP contribution >= 0.6 is 15.9 Å². The number of hydrogen-bond acceptors (Lipinski definition) is 5. The highest BCUT2D eigenvalue weighted by Crippen LogP contribution is 2.20. The standard InChI is InChI=1S/C23H18BrFN4O4/c24-19-3-1-2-4-20(19)28-22(31)23(32)29-26-13-15-5-11-18(12-6-15)33-14-21(30)27-17-9-7-16(25)8-10-17/h1-13H,14H2,(H,27,30)(H,28,31)(H,29,32)/b26-13-. The van der Waals surface area contributed by atoms with Gasteiger partial charge in [-0.15, -0.1) is 0 Å². The summed E-state index contributed by atoms with van der Waals surface area (Å²) in [5, 5.41) is 8.81. The van der Waals surface area contributed by atoms with Crippen LogP contribution in [0.15, 0.2) is 82.4 Å². The predicted octanol–water partition coefficient (Wildman–Crippen LogP) is 3.69. The fraction of sp³-hybridized carbons (Fsp3) is 0.0435. The molecule has 8 nitrogen and oxygen atoms in total.